The largest absolute Gasteiger partial charge is 0.313 e. The van der Waals surface area contributed by atoms with Crippen molar-refractivity contribution in [3.05, 3.63) is 0 Å². The van der Waals surface area contributed by atoms with Gasteiger partial charge in [0.05, 0.1) is 6.26 Å². The molecule has 118 valence electrons. The molecule has 1 saturated heterocycles. The molecule has 0 spiro atoms. The predicted octanol–water partition coefficient (Wildman–Crippen LogP) is 0.732. The molecule has 2 fully saturated rings. The lowest BCUT2D eigenvalue weighted by Crippen LogP contribution is -2.52. The van der Waals surface area contributed by atoms with Gasteiger partial charge in [-0.1, -0.05) is 13.8 Å². The Morgan fingerprint density at radius 2 is 1.80 bits per heavy atom. The molecule has 0 aromatic heterocycles. The van der Waals surface area contributed by atoms with Crippen LogP contribution in [-0.4, -0.2) is 69.2 Å². The topological polar surface area (TPSA) is 52.6 Å². The van der Waals surface area contributed by atoms with Crippen LogP contribution in [0.15, 0.2) is 0 Å². The minimum atomic E-state index is -3.02. The van der Waals surface area contributed by atoms with Crippen LogP contribution < -0.4 is 5.32 Å². The van der Waals surface area contributed by atoms with E-state index in [0.717, 1.165) is 38.6 Å². The summed E-state index contributed by atoms with van der Waals surface area (Å²) in [7, 11) is -3.02. The number of sulfonamides is 1. The molecular formula is C14H29N3O2S. The van der Waals surface area contributed by atoms with E-state index in [-0.39, 0.29) is 5.41 Å². The van der Waals surface area contributed by atoms with Crippen molar-refractivity contribution in [3.63, 3.8) is 0 Å². The second-order valence-electron chi connectivity index (χ2n) is 6.76. The lowest BCUT2D eigenvalue weighted by molar-refractivity contribution is 0.118. The van der Waals surface area contributed by atoms with Gasteiger partial charge in [-0.2, -0.15) is 4.31 Å². The number of hydrogen-bond acceptors (Lipinski definition) is 4. The second-order valence-corrected chi connectivity index (χ2v) is 8.74. The molecule has 0 bridgehead atoms. The summed E-state index contributed by atoms with van der Waals surface area (Å²) in [5, 5.41) is 3.64. The maximum absolute atomic E-state index is 11.5. The van der Waals surface area contributed by atoms with Gasteiger partial charge in [0.15, 0.2) is 0 Å². The number of rotatable bonds is 7. The van der Waals surface area contributed by atoms with Gasteiger partial charge in [-0.25, -0.2) is 8.42 Å². The van der Waals surface area contributed by atoms with E-state index in [1.807, 2.05) is 0 Å². The van der Waals surface area contributed by atoms with E-state index in [9.17, 15) is 8.42 Å². The predicted molar refractivity (Wildman–Crippen MR) is 82.3 cm³/mol. The maximum Gasteiger partial charge on any atom is 0.211 e. The smallest absolute Gasteiger partial charge is 0.211 e. The van der Waals surface area contributed by atoms with Gasteiger partial charge in [0.2, 0.25) is 10.0 Å². The van der Waals surface area contributed by atoms with E-state index in [0.29, 0.717) is 13.1 Å². The van der Waals surface area contributed by atoms with Crippen LogP contribution in [0.25, 0.3) is 0 Å². The van der Waals surface area contributed by atoms with Crippen molar-refractivity contribution in [1.82, 2.24) is 14.5 Å². The van der Waals surface area contributed by atoms with Crippen molar-refractivity contribution >= 4 is 10.0 Å². The quantitative estimate of drug-likeness (QED) is 0.753. The van der Waals surface area contributed by atoms with Gasteiger partial charge in [0.25, 0.3) is 0 Å². The van der Waals surface area contributed by atoms with Crippen LogP contribution in [0.1, 0.15) is 33.1 Å². The molecule has 1 saturated carbocycles. The van der Waals surface area contributed by atoms with Crippen molar-refractivity contribution in [3.8, 4) is 0 Å². The van der Waals surface area contributed by atoms with Crippen LogP contribution in [0, 0.1) is 5.41 Å². The molecule has 2 aliphatic rings. The Morgan fingerprint density at radius 3 is 2.25 bits per heavy atom. The van der Waals surface area contributed by atoms with E-state index in [2.05, 4.69) is 24.1 Å². The Balaban J connectivity index is 1.80. The van der Waals surface area contributed by atoms with E-state index in [1.54, 1.807) is 4.31 Å². The third kappa shape index (κ3) is 4.69. The van der Waals surface area contributed by atoms with E-state index >= 15 is 0 Å². The first-order valence-electron chi connectivity index (χ1n) is 7.73. The summed E-state index contributed by atoms with van der Waals surface area (Å²) < 4.78 is 24.6. The zero-order chi connectivity index (χ0) is 14.8. The summed E-state index contributed by atoms with van der Waals surface area (Å²) in [5.74, 6) is 0. The van der Waals surface area contributed by atoms with Gasteiger partial charge in [0.1, 0.15) is 0 Å². The fourth-order valence-electron chi connectivity index (χ4n) is 2.73. The highest BCUT2D eigenvalue weighted by molar-refractivity contribution is 7.88. The maximum atomic E-state index is 11.5. The Hall–Kier alpha value is -0.170. The molecular weight excluding hydrogens is 274 g/mol. The van der Waals surface area contributed by atoms with Crippen LogP contribution in [-0.2, 0) is 10.0 Å². The van der Waals surface area contributed by atoms with Gasteiger partial charge in [-0.3, -0.25) is 0 Å². The van der Waals surface area contributed by atoms with Gasteiger partial charge < -0.3 is 10.2 Å². The van der Waals surface area contributed by atoms with Crippen molar-refractivity contribution in [2.45, 2.75) is 39.2 Å². The molecule has 1 N–H and O–H groups in total. The number of hydrogen-bond donors (Lipinski definition) is 1. The Kier molecular flexibility index (Phi) is 5.10. The average Bonchev–Trinajstić information content (AvgIpc) is 3.20. The molecule has 1 heterocycles. The molecule has 0 radical (unpaired) electrons. The van der Waals surface area contributed by atoms with Gasteiger partial charge in [-0.15, -0.1) is 0 Å². The van der Waals surface area contributed by atoms with Crippen molar-refractivity contribution in [2.75, 3.05) is 45.5 Å². The van der Waals surface area contributed by atoms with E-state index in [4.69, 9.17) is 0 Å². The fraction of sp³-hybridized carbons (Fsp3) is 1.00. The molecule has 20 heavy (non-hydrogen) atoms. The van der Waals surface area contributed by atoms with E-state index < -0.39 is 10.0 Å². The van der Waals surface area contributed by atoms with Crippen molar-refractivity contribution in [1.29, 1.82) is 0 Å². The van der Waals surface area contributed by atoms with E-state index in [1.165, 1.54) is 19.1 Å². The normalized spacial score (nSPS) is 25.6. The third-order valence-corrected chi connectivity index (χ3v) is 5.96. The molecule has 1 aliphatic heterocycles. The lowest BCUT2D eigenvalue weighted by atomic mass is 9.86. The number of nitrogens with one attached hydrogen (secondary N) is 1. The molecule has 2 rings (SSSR count). The minimum absolute atomic E-state index is 0.288. The van der Waals surface area contributed by atoms with Gasteiger partial charge >= 0.3 is 0 Å². The highest BCUT2D eigenvalue weighted by Crippen LogP contribution is 2.26. The van der Waals surface area contributed by atoms with Gasteiger partial charge in [0, 0.05) is 45.3 Å². The van der Waals surface area contributed by atoms with Crippen molar-refractivity contribution < 1.29 is 8.42 Å². The zero-order valence-corrected chi connectivity index (χ0v) is 13.9. The summed E-state index contributed by atoms with van der Waals surface area (Å²) in [6, 6.07) is 0.753. The molecule has 0 aromatic carbocycles. The van der Waals surface area contributed by atoms with Crippen molar-refractivity contribution in [2.24, 2.45) is 5.41 Å². The highest BCUT2D eigenvalue weighted by Gasteiger charge is 2.31. The molecule has 1 unspecified atom stereocenters. The van der Waals surface area contributed by atoms with Crippen LogP contribution in [0.4, 0.5) is 0 Å². The molecule has 6 heteroatoms. The lowest BCUT2D eigenvalue weighted by Gasteiger charge is -2.39. The van der Waals surface area contributed by atoms with Crippen LogP contribution in [0.2, 0.25) is 0 Å². The number of piperazine rings is 1. The first-order valence-corrected chi connectivity index (χ1v) is 9.58. The van der Waals surface area contributed by atoms with Gasteiger partial charge in [-0.05, 0) is 24.7 Å². The molecule has 0 aromatic rings. The highest BCUT2D eigenvalue weighted by atomic mass is 32.2. The minimum Gasteiger partial charge on any atom is -0.313 e. The summed E-state index contributed by atoms with van der Waals surface area (Å²) in [6.45, 7) is 9.69. The summed E-state index contributed by atoms with van der Waals surface area (Å²) in [6.07, 6.45) is 5.11. The summed E-state index contributed by atoms with van der Waals surface area (Å²) >= 11 is 0. The van der Waals surface area contributed by atoms with Crippen LogP contribution in [0.3, 0.4) is 0 Å². The molecule has 0 amide bonds. The summed E-state index contributed by atoms with van der Waals surface area (Å²) in [4.78, 5) is 2.42. The Bertz CT molecular complexity index is 414. The monoisotopic (exact) mass is 303 g/mol. The molecule has 1 atom stereocenters. The Morgan fingerprint density at radius 1 is 1.20 bits per heavy atom. The zero-order valence-electron chi connectivity index (χ0n) is 13.1. The van der Waals surface area contributed by atoms with Crippen LogP contribution in [0.5, 0.6) is 0 Å². The van der Waals surface area contributed by atoms with Crippen LogP contribution >= 0.6 is 0 Å². The standard InChI is InChI=1S/C14H29N3O2S/c1-4-14(2,11-15-13-5-6-13)12-16-7-9-17(10-8-16)20(3,18)19/h13,15H,4-12H2,1-3H3. The second kappa shape index (κ2) is 6.30. The summed E-state index contributed by atoms with van der Waals surface area (Å²) in [5.41, 5.74) is 0.288. The third-order valence-electron chi connectivity index (χ3n) is 4.65. The first kappa shape index (κ1) is 16.2. The molecule has 5 nitrogen and oxygen atoms in total. The SMILES string of the molecule is CCC(C)(CNC1CC1)CN1CCN(S(C)(=O)=O)CC1. The molecule has 1 aliphatic carbocycles. The average molecular weight is 303 g/mol. The first-order chi connectivity index (χ1) is 9.32. The number of nitrogens with zero attached hydrogens (tertiary/aromatic N) is 2. The Labute approximate surface area is 123 Å². The fourth-order valence-corrected chi connectivity index (χ4v) is 3.56.